The highest BCUT2D eigenvalue weighted by atomic mass is 19.1. The summed E-state index contributed by atoms with van der Waals surface area (Å²) >= 11 is 0. The van der Waals surface area contributed by atoms with Gasteiger partial charge in [0.1, 0.15) is 40.2 Å². The predicted octanol–water partition coefficient (Wildman–Crippen LogP) is 4.99. The van der Waals surface area contributed by atoms with E-state index in [0.717, 1.165) is 67.6 Å². The molecule has 72 heavy (non-hydrogen) atoms. The fourth-order valence-corrected chi connectivity index (χ4v) is 9.62. The zero-order chi connectivity index (χ0) is 50.9. The van der Waals surface area contributed by atoms with Gasteiger partial charge in [-0.1, -0.05) is 37.3 Å². The van der Waals surface area contributed by atoms with Crippen molar-refractivity contribution in [2.24, 2.45) is 0 Å². The van der Waals surface area contributed by atoms with Crippen LogP contribution in [0.3, 0.4) is 0 Å². The molecule has 378 valence electrons. The number of urea groups is 1. The number of nitrogens with zero attached hydrogens (tertiary/aromatic N) is 7. The number of hydrogen-bond donors (Lipinski definition) is 4. The van der Waals surface area contributed by atoms with E-state index in [9.17, 15) is 33.2 Å². The summed E-state index contributed by atoms with van der Waals surface area (Å²) in [6.45, 7) is 7.27. The molecule has 2 saturated heterocycles. The molecule has 0 spiro atoms. The average Bonchev–Trinajstić information content (AvgIpc) is 4.03. The van der Waals surface area contributed by atoms with Crippen molar-refractivity contribution in [3.63, 3.8) is 0 Å². The first kappa shape index (κ1) is 50.5. The van der Waals surface area contributed by atoms with Crippen molar-refractivity contribution in [2.45, 2.75) is 64.0 Å². The van der Waals surface area contributed by atoms with E-state index in [4.69, 9.17) is 20.2 Å². The van der Waals surface area contributed by atoms with Crippen molar-refractivity contribution in [1.29, 1.82) is 0 Å². The van der Waals surface area contributed by atoms with Gasteiger partial charge >= 0.3 is 6.03 Å². The van der Waals surface area contributed by atoms with Crippen molar-refractivity contribution >= 4 is 59.2 Å². The van der Waals surface area contributed by atoms with Gasteiger partial charge in [-0.05, 0) is 86.7 Å². The molecule has 5 aromatic rings. The molecule has 5 N–H and O–H groups in total. The molecule has 7 amide bonds. The molecular formula is C52H60FN11O8. The summed E-state index contributed by atoms with van der Waals surface area (Å²) in [5.74, 6) is 0.576. The number of halogens is 1. The first-order chi connectivity index (χ1) is 34.9. The monoisotopic (exact) mass is 985 g/mol. The van der Waals surface area contributed by atoms with E-state index < -0.39 is 17.8 Å². The van der Waals surface area contributed by atoms with E-state index in [-0.39, 0.29) is 61.3 Å². The minimum Gasteiger partial charge on any atom is -0.496 e. The number of nitrogen functional groups attached to an aromatic ring is 1. The van der Waals surface area contributed by atoms with Crippen molar-refractivity contribution in [2.75, 3.05) is 77.2 Å². The maximum absolute atomic E-state index is 13.8. The highest BCUT2D eigenvalue weighted by Gasteiger charge is 2.33. The lowest BCUT2D eigenvalue weighted by Gasteiger charge is -2.35. The number of fused-ring (bicyclic) bond motifs is 3. The van der Waals surface area contributed by atoms with Gasteiger partial charge in [0.15, 0.2) is 0 Å². The lowest BCUT2D eigenvalue weighted by Crippen LogP contribution is -2.50. The summed E-state index contributed by atoms with van der Waals surface area (Å²) in [5.41, 5.74) is 11.5. The third-order valence-corrected chi connectivity index (χ3v) is 13.3. The molecular weight excluding hydrogens is 926 g/mol. The van der Waals surface area contributed by atoms with Gasteiger partial charge < -0.3 is 35.6 Å². The van der Waals surface area contributed by atoms with Crippen LogP contribution in [-0.2, 0) is 20.9 Å². The molecule has 20 heteroatoms. The number of ether oxygens (including phenoxy) is 2. The summed E-state index contributed by atoms with van der Waals surface area (Å²) in [5, 5.41) is 8.21. The van der Waals surface area contributed by atoms with Crippen LogP contribution in [0.15, 0.2) is 72.9 Å². The van der Waals surface area contributed by atoms with E-state index >= 15 is 0 Å². The number of anilines is 2. The SMILES string of the molecule is CCCN1CCN(C(=O)c2ccc(OC)c(N3CCC(=O)NC3=O)c2)CC1.COc1ccc(F)cc1C(=O)NCc1ccc(-c2nc3n4c(cnc(N)c24)/C=C/CCN(C=O)CC(=O)NC2CC[C@@H]3C2)cc1. The molecule has 19 nitrogen and oxygen atoms in total. The normalized spacial score (nSPS) is 18.8. The second kappa shape index (κ2) is 22.9. The smallest absolute Gasteiger partial charge is 0.328 e. The van der Waals surface area contributed by atoms with Gasteiger partial charge in [-0.15, -0.1) is 0 Å². The second-order valence-electron chi connectivity index (χ2n) is 18.1. The Balaban J connectivity index is 0.000000219. The van der Waals surface area contributed by atoms with Crippen LogP contribution in [0.2, 0.25) is 0 Å². The van der Waals surface area contributed by atoms with Gasteiger partial charge in [0.2, 0.25) is 18.2 Å². The van der Waals surface area contributed by atoms with Crippen molar-refractivity contribution in [3.05, 3.63) is 107 Å². The number of benzene rings is 3. The maximum atomic E-state index is 13.8. The number of imide groups is 1. The highest BCUT2D eigenvalue weighted by Crippen LogP contribution is 2.39. The predicted molar refractivity (Wildman–Crippen MR) is 268 cm³/mol. The molecule has 1 aliphatic carbocycles. The number of imidazole rings is 1. The molecule has 2 aromatic heterocycles. The number of carbonyl (C=O) groups is 6. The van der Waals surface area contributed by atoms with Gasteiger partial charge in [-0.3, -0.25) is 43.5 Å². The molecule has 2 atom stereocenters. The molecule has 3 fully saturated rings. The Morgan fingerprint density at radius 2 is 1.69 bits per heavy atom. The van der Waals surface area contributed by atoms with E-state index in [1.165, 1.54) is 36.2 Å². The minimum absolute atomic E-state index is 0.0187. The Kier molecular flexibility index (Phi) is 16.1. The third-order valence-electron chi connectivity index (χ3n) is 13.3. The summed E-state index contributed by atoms with van der Waals surface area (Å²) in [4.78, 5) is 90.2. The standard InChI is InChI=1S/C33H34FN7O4.C19H26N4O4/c1-45-27-12-10-23(34)15-26(27)33(44)37-16-20-5-7-21(8-6-20)29-30-31(35)36-17-25-4-2-3-13-40(19-42)18-28(43)38-24-11-9-22(14-24)32(39-29)41(25)30;1-3-7-21-9-11-22(12-10-21)18(25)14-4-5-16(27-2)15(13-14)23-8-6-17(24)20-19(23)26/h2,4-8,10,12,15,17,19,22,24H,3,9,11,13-14,16,18H2,1H3,(H2,35,36)(H,37,44)(H,38,43);4-5,13H,3,6-12H2,1-2H3,(H,20,24,26)/b4-2+;/t22-,24?;/m1./s1. The lowest BCUT2D eigenvalue weighted by molar-refractivity contribution is -0.128. The van der Waals surface area contributed by atoms with E-state index in [2.05, 4.69) is 37.2 Å². The number of nitrogens with two attached hydrogens (primary N) is 1. The first-order valence-electron chi connectivity index (χ1n) is 24.2. The molecule has 0 radical (unpaired) electrons. The molecule has 3 aliphatic heterocycles. The third kappa shape index (κ3) is 11.5. The topological polar surface area (TPSA) is 226 Å². The second-order valence-corrected chi connectivity index (χ2v) is 18.1. The fraction of sp³-hybridized carbons (Fsp3) is 0.385. The Morgan fingerprint density at radius 3 is 2.42 bits per heavy atom. The van der Waals surface area contributed by atoms with Crippen LogP contribution in [0.5, 0.6) is 11.5 Å². The van der Waals surface area contributed by atoms with Crippen LogP contribution < -0.4 is 36.1 Å². The minimum atomic E-state index is -0.523. The molecule has 3 aromatic carbocycles. The number of nitrogens with one attached hydrogen (secondary N) is 3. The molecule has 1 unspecified atom stereocenters. The average molecular weight is 986 g/mol. The van der Waals surface area contributed by atoms with Gasteiger partial charge in [0.05, 0.1) is 43.9 Å². The van der Waals surface area contributed by atoms with Crippen molar-refractivity contribution < 1.29 is 42.6 Å². The van der Waals surface area contributed by atoms with Gasteiger partial charge in [-0.2, -0.15) is 0 Å². The van der Waals surface area contributed by atoms with Gasteiger partial charge in [0, 0.05) is 75.3 Å². The number of piperazine rings is 1. The highest BCUT2D eigenvalue weighted by molar-refractivity contribution is 6.07. The summed E-state index contributed by atoms with van der Waals surface area (Å²) < 4.78 is 26.4. The van der Waals surface area contributed by atoms with E-state index in [0.29, 0.717) is 78.7 Å². The molecule has 5 heterocycles. The molecule has 2 bridgehead atoms. The number of amides is 7. The number of aromatic nitrogens is 3. The lowest BCUT2D eigenvalue weighted by atomic mass is 10.1. The van der Waals surface area contributed by atoms with Gasteiger partial charge in [-0.25, -0.2) is 19.2 Å². The van der Waals surface area contributed by atoms with Crippen molar-refractivity contribution in [3.8, 4) is 22.8 Å². The Morgan fingerprint density at radius 1 is 0.931 bits per heavy atom. The summed E-state index contributed by atoms with van der Waals surface area (Å²) in [6, 6.07) is 16.0. The number of carbonyl (C=O) groups excluding carboxylic acids is 6. The summed E-state index contributed by atoms with van der Waals surface area (Å²) in [7, 11) is 2.94. The van der Waals surface area contributed by atoms with Crippen LogP contribution in [0, 0.1) is 5.82 Å². The van der Waals surface area contributed by atoms with Crippen LogP contribution in [0.4, 0.5) is 20.7 Å². The van der Waals surface area contributed by atoms with Crippen LogP contribution in [-0.4, -0.2) is 138 Å². The van der Waals surface area contributed by atoms with Crippen molar-refractivity contribution in [1.82, 2.24) is 45.0 Å². The van der Waals surface area contributed by atoms with Crippen LogP contribution in [0.25, 0.3) is 22.9 Å². The Bertz CT molecular complexity index is 2860. The quantitative estimate of drug-likeness (QED) is 0.129. The van der Waals surface area contributed by atoms with Crippen LogP contribution >= 0.6 is 0 Å². The number of methoxy groups -OCH3 is 2. The fourth-order valence-electron chi connectivity index (χ4n) is 9.62. The largest absolute Gasteiger partial charge is 0.496 e. The zero-order valence-electron chi connectivity index (χ0n) is 40.7. The zero-order valence-corrected chi connectivity index (χ0v) is 40.7. The van der Waals surface area contributed by atoms with E-state index in [1.54, 1.807) is 24.4 Å². The molecule has 9 rings (SSSR count). The summed E-state index contributed by atoms with van der Waals surface area (Å²) in [6.07, 6.45) is 10.6. The van der Waals surface area contributed by atoms with Gasteiger partial charge in [0.25, 0.3) is 11.8 Å². The maximum Gasteiger partial charge on any atom is 0.328 e. The molecule has 4 aliphatic rings. The van der Waals surface area contributed by atoms with Crippen LogP contribution in [0.1, 0.15) is 89.2 Å². The first-order valence-corrected chi connectivity index (χ1v) is 24.2. The Labute approximate surface area is 416 Å². The Hall–Kier alpha value is -7.87. The molecule has 1 saturated carbocycles. The number of rotatable bonds is 11. The van der Waals surface area contributed by atoms with E-state index in [1.807, 2.05) is 41.3 Å². The number of hydrogen-bond acceptors (Lipinski definition) is 12.